The molecule has 0 saturated heterocycles. The molecule has 2 aromatic carbocycles. The van der Waals surface area contributed by atoms with Crippen molar-refractivity contribution in [3.63, 3.8) is 0 Å². The van der Waals surface area contributed by atoms with E-state index in [0.717, 1.165) is 29.5 Å². The average Bonchev–Trinajstić information content (AvgIpc) is 2.55. The zero-order chi connectivity index (χ0) is 15.6. The predicted octanol–water partition coefficient (Wildman–Crippen LogP) is 4.26. The Morgan fingerprint density at radius 1 is 0.955 bits per heavy atom. The van der Waals surface area contributed by atoms with Gasteiger partial charge in [0, 0.05) is 23.8 Å². The molecule has 0 unspecified atom stereocenters. The smallest absolute Gasteiger partial charge is 0.119 e. The molecule has 0 amide bonds. The third-order valence-electron chi connectivity index (χ3n) is 3.30. The maximum absolute atomic E-state index is 6.03. The van der Waals surface area contributed by atoms with Gasteiger partial charge < -0.3 is 14.4 Å². The molecular formula is C18H22ClNO2. The summed E-state index contributed by atoms with van der Waals surface area (Å²) >= 11 is 6.03. The van der Waals surface area contributed by atoms with Crippen molar-refractivity contribution in [2.24, 2.45) is 0 Å². The summed E-state index contributed by atoms with van der Waals surface area (Å²) in [6, 6.07) is 17.7. The first-order valence-electron chi connectivity index (χ1n) is 7.55. The highest BCUT2D eigenvalue weighted by molar-refractivity contribution is 6.30. The lowest BCUT2D eigenvalue weighted by molar-refractivity contribution is 0.105. The van der Waals surface area contributed by atoms with Crippen molar-refractivity contribution in [3.05, 3.63) is 59.6 Å². The van der Waals surface area contributed by atoms with E-state index >= 15 is 0 Å². The van der Waals surface area contributed by atoms with E-state index in [4.69, 9.17) is 21.1 Å². The minimum Gasteiger partial charge on any atom is -0.491 e. The van der Waals surface area contributed by atoms with Crippen molar-refractivity contribution < 1.29 is 9.47 Å². The minimum absolute atomic E-state index is 0.563. The van der Waals surface area contributed by atoms with Gasteiger partial charge in [-0.15, -0.1) is 0 Å². The Bertz CT molecular complexity index is 548. The highest BCUT2D eigenvalue weighted by Gasteiger charge is 2.04. The first-order chi connectivity index (χ1) is 10.8. The van der Waals surface area contributed by atoms with Crippen molar-refractivity contribution in [3.8, 4) is 5.75 Å². The van der Waals surface area contributed by atoms with Crippen LogP contribution < -0.4 is 9.64 Å². The molecule has 118 valence electrons. The van der Waals surface area contributed by atoms with Crippen molar-refractivity contribution in [1.29, 1.82) is 0 Å². The normalized spacial score (nSPS) is 10.5. The Morgan fingerprint density at radius 2 is 1.77 bits per heavy atom. The van der Waals surface area contributed by atoms with Crippen LogP contribution in [-0.4, -0.2) is 32.9 Å². The molecule has 2 aromatic rings. The third-order valence-corrected chi connectivity index (χ3v) is 3.54. The average molecular weight is 320 g/mol. The number of likely N-dealkylation sites (N-methyl/N-ethyl adjacent to an activating group) is 1. The first-order valence-corrected chi connectivity index (χ1v) is 7.93. The fourth-order valence-electron chi connectivity index (χ4n) is 2.15. The number of rotatable bonds is 9. The molecule has 0 aromatic heterocycles. The Kier molecular flexibility index (Phi) is 7.07. The zero-order valence-electron chi connectivity index (χ0n) is 12.9. The molecule has 0 aliphatic carbocycles. The van der Waals surface area contributed by atoms with E-state index in [1.54, 1.807) is 0 Å². The summed E-state index contributed by atoms with van der Waals surface area (Å²) in [6.45, 7) is 5.69. The van der Waals surface area contributed by atoms with Gasteiger partial charge in [-0.3, -0.25) is 0 Å². The number of para-hydroxylation sites is 1. The molecule has 22 heavy (non-hydrogen) atoms. The van der Waals surface area contributed by atoms with Crippen LogP contribution in [0, 0.1) is 0 Å². The highest BCUT2D eigenvalue weighted by Crippen LogP contribution is 2.19. The maximum Gasteiger partial charge on any atom is 0.119 e. The highest BCUT2D eigenvalue weighted by atomic mass is 35.5. The summed E-state index contributed by atoms with van der Waals surface area (Å²) in [4.78, 5) is 2.24. The van der Waals surface area contributed by atoms with Gasteiger partial charge in [0.05, 0.1) is 13.2 Å². The van der Waals surface area contributed by atoms with Crippen LogP contribution in [0.3, 0.4) is 0 Å². The largest absolute Gasteiger partial charge is 0.491 e. The Labute approximate surface area is 137 Å². The Balaban J connectivity index is 1.65. The van der Waals surface area contributed by atoms with Crippen LogP contribution in [0.25, 0.3) is 0 Å². The van der Waals surface area contributed by atoms with Crippen molar-refractivity contribution in [2.75, 3.05) is 37.8 Å². The van der Waals surface area contributed by atoms with Crippen LogP contribution in [-0.2, 0) is 4.74 Å². The van der Waals surface area contributed by atoms with E-state index in [-0.39, 0.29) is 0 Å². The molecule has 2 rings (SSSR count). The lowest BCUT2D eigenvalue weighted by atomic mass is 10.3. The second-order valence-corrected chi connectivity index (χ2v) is 5.27. The van der Waals surface area contributed by atoms with Crippen LogP contribution in [0.4, 0.5) is 5.69 Å². The van der Waals surface area contributed by atoms with Gasteiger partial charge in [-0.2, -0.15) is 0 Å². The summed E-state index contributed by atoms with van der Waals surface area (Å²) in [6.07, 6.45) is 0. The van der Waals surface area contributed by atoms with Crippen LogP contribution in [0.15, 0.2) is 54.6 Å². The summed E-state index contributed by atoms with van der Waals surface area (Å²) in [5.41, 5.74) is 1.12. The van der Waals surface area contributed by atoms with Gasteiger partial charge in [0.25, 0.3) is 0 Å². The van der Waals surface area contributed by atoms with Crippen molar-refractivity contribution in [2.45, 2.75) is 6.92 Å². The standard InChI is InChI=1S/C18H22ClNO2/c1-2-20(17-8-6-7-16(19)15-17)11-12-21-13-14-22-18-9-4-3-5-10-18/h3-10,15H,2,11-14H2,1H3. The van der Waals surface area contributed by atoms with Crippen LogP contribution in [0.2, 0.25) is 5.02 Å². The number of halogens is 1. The summed E-state index contributed by atoms with van der Waals surface area (Å²) in [7, 11) is 0. The fraction of sp³-hybridized carbons (Fsp3) is 0.333. The summed E-state index contributed by atoms with van der Waals surface area (Å²) in [5, 5.41) is 0.758. The van der Waals surface area contributed by atoms with E-state index in [9.17, 15) is 0 Å². The van der Waals surface area contributed by atoms with E-state index in [2.05, 4.69) is 17.9 Å². The van der Waals surface area contributed by atoms with Gasteiger partial charge in [0.2, 0.25) is 0 Å². The van der Waals surface area contributed by atoms with Gasteiger partial charge >= 0.3 is 0 Å². The molecule has 0 atom stereocenters. The Hall–Kier alpha value is -1.71. The monoisotopic (exact) mass is 319 g/mol. The molecular weight excluding hydrogens is 298 g/mol. The molecule has 0 radical (unpaired) electrons. The molecule has 0 spiro atoms. The van der Waals surface area contributed by atoms with Gasteiger partial charge in [-0.05, 0) is 37.3 Å². The Morgan fingerprint density at radius 3 is 2.50 bits per heavy atom. The number of anilines is 1. The van der Waals surface area contributed by atoms with E-state index in [0.29, 0.717) is 19.8 Å². The lowest BCUT2D eigenvalue weighted by Crippen LogP contribution is -2.27. The topological polar surface area (TPSA) is 21.7 Å². The lowest BCUT2D eigenvalue weighted by Gasteiger charge is -2.23. The molecule has 0 fully saturated rings. The second-order valence-electron chi connectivity index (χ2n) is 4.83. The van der Waals surface area contributed by atoms with E-state index < -0.39 is 0 Å². The van der Waals surface area contributed by atoms with Gasteiger partial charge in [-0.25, -0.2) is 0 Å². The van der Waals surface area contributed by atoms with E-state index in [1.165, 1.54) is 0 Å². The molecule has 4 heteroatoms. The second kappa shape index (κ2) is 9.34. The van der Waals surface area contributed by atoms with Crippen LogP contribution in [0.5, 0.6) is 5.75 Å². The quantitative estimate of drug-likeness (QED) is 0.645. The molecule has 0 aliphatic heterocycles. The van der Waals surface area contributed by atoms with Crippen LogP contribution in [0.1, 0.15) is 6.92 Å². The number of hydrogen-bond donors (Lipinski definition) is 0. The molecule has 3 nitrogen and oxygen atoms in total. The van der Waals surface area contributed by atoms with Gasteiger partial charge in [-0.1, -0.05) is 35.9 Å². The predicted molar refractivity (Wildman–Crippen MR) is 92.1 cm³/mol. The number of nitrogens with zero attached hydrogens (tertiary/aromatic N) is 1. The van der Waals surface area contributed by atoms with Gasteiger partial charge in [0.15, 0.2) is 0 Å². The molecule has 0 N–H and O–H groups in total. The molecule has 0 heterocycles. The maximum atomic E-state index is 6.03. The fourth-order valence-corrected chi connectivity index (χ4v) is 2.34. The summed E-state index contributed by atoms with van der Waals surface area (Å²) in [5.74, 6) is 0.875. The first kappa shape index (κ1) is 16.7. The third kappa shape index (κ3) is 5.58. The van der Waals surface area contributed by atoms with Gasteiger partial charge in [0.1, 0.15) is 12.4 Å². The zero-order valence-corrected chi connectivity index (χ0v) is 13.6. The van der Waals surface area contributed by atoms with E-state index in [1.807, 2.05) is 48.5 Å². The van der Waals surface area contributed by atoms with Crippen molar-refractivity contribution >= 4 is 17.3 Å². The number of ether oxygens (including phenoxy) is 2. The SMILES string of the molecule is CCN(CCOCCOc1ccccc1)c1cccc(Cl)c1. The minimum atomic E-state index is 0.563. The summed E-state index contributed by atoms with van der Waals surface area (Å²) < 4.78 is 11.2. The van der Waals surface area contributed by atoms with Crippen LogP contribution >= 0.6 is 11.6 Å². The molecule has 0 bridgehead atoms. The van der Waals surface area contributed by atoms with Crippen molar-refractivity contribution in [1.82, 2.24) is 0 Å². The number of hydrogen-bond acceptors (Lipinski definition) is 3. The number of benzene rings is 2. The molecule has 0 aliphatic rings. The molecule has 0 saturated carbocycles.